The Morgan fingerprint density at radius 2 is 1.89 bits per heavy atom. The second kappa shape index (κ2) is 10.8. The van der Waals surface area contributed by atoms with E-state index in [2.05, 4.69) is 63.3 Å². The van der Waals surface area contributed by atoms with Gasteiger partial charge in [0.25, 0.3) is 0 Å². The molecule has 0 bridgehead atoms. The zero-order valence-electron chi connectivity index (χ0n) is 20.4. The van der Waals surface area contributed by atoms with Gasteiger partial charge in [0, 0.05) is 48.7 Å². The maximum absolute atomic E-state index is 5.89. The van der Waals surface area contributed by atoms with Crippen LogP contribution in [-0.2, 0) is 13.5 Å². The molecule has 1 N–H and O–H groups in total. The lowest BCUT2D eigenvalue weighted by Gasteiger charge is -2.10. The van der Waals surface area contributed by atoms with Crippen LogP contribution in [0, 0.1) is 0 Å². The fraction of sp³-hybridized carbons (Fsp3) is 0.133. The van der Waals surface area contributed by atoms with Crippen molar-refractivity contribution in [2.75, 3.05) is 13.7 Å². The Bertz CT molecular complexity index is 1510. The first kappa shape index (κ1) is 23.2. The molecule has 36 heavy (non-hydrogen) atoms. The van der Waals surface area contributed by atoms with Crippen molar-refractivity contribution in [3.63, 3.8) is 0 Å². The van der Waals surface area contributed by atoms with Crippen LogP contribution in [0.4, 0.5) is 0 Å². The molecule has 5 rings (SSSR count). The number of nitrogens with one attached hydrogen (secondary N) is 1. The maximum atomic E-state index is 5.89. The van der Waals surface area contributed by atoms with Crippen LogP contribution in [0.2, 0.25) is 0 Å². The second-order valence-corrected chi connectivity index (χ2v) is 8.48. The lowest BCUT2D eigenvalue weighted by molar-refractivity contribution is 0.317. The van der Waals surface area contributed by atoms with Gasteiger partial charge < -0.3 is 14.0 Å². The monoisotopic (exact) mass is 476 g/mol. The number of aryl methyl sites for hydroxylation is 1. The molecule has 0 atom stereocenters. The SMILES string of the molecule is COc1cc(OCCc2ccccn2)ccc1/C=C/c1cc(/C=C/c2ccc3ccn(C)c3c2)n[nH]1. The largest absolute Gasteiger partial charge is 0.496 e. The summed E-state index contributed by atoms with van der Waals surface area (Å²) in [6.07, 6.45) is 12.7. The summed E-state index contributed by atoms with van der Waals surface area (Å²) in [6.45, 7) is 0.554. The maximum Gasteiger partial charge on any atom is 0.129 e. The molecular formula is C30H28N4O2. The number of pyridine rings is 1. The average molecular weight is 477 g/mol. The standard InChI is InChI=1S/C30H28N4O2/c1-34-17-14-23-8-6-22(19-29(23)34)7-11-26-20-27(33-32-26)12-9-24-10-13-28(21-30(24)35-2)36-18-15-25-5-3-4-16-31-25/h3-14,16-17,19-21H,15,18H2,1-2H3,(H,32,33)/b11-7+,12-9+. The molecular weight excluding hydrogens is 448 g/mol. The van der Waals surface area contributed by atoms with Crippen LogP contribution in [0.5, 0.6) is 11.5 Å². The molecule has 0 aliphatic rings. The molecule has 5 aromatic rings. The van der Waals surface area contributed by atoms with Crippen LogP contribution < -0.4 is 9.47 Å². The van der Waals surface area contributed by atoms with E-state index < -0.39 is 0 Å². The molecule has 0 unspecified atom stereocenters. The van der Waals surface area contributed by atoms with Gasteiger partial charge in [-0.05, 0) is 71.6 Å². The Hall–Kier alpha value is -4.58. The minimum Gasteiger partial charge on any atom is -0.496 e. The number of rotatable bonds is 9. The Kier molecular flexibility index (Phi) is 6.94. The lowest BCUT2D eigenvalue weighted by Crippen LogP contribution is -2.03. The number of methoxy groups -OCH3 is 1. The summed E-state index contributed by atoms with van der Waals surface area (Å²) in [6, 6.07) is 22.3. The van der Waals surface area contributed by atoms with Crippen LogP contribution in [0.25, 0.3) is 35.2 Å². The summed E-state index contributed by atoms with van der Waals surface area (Å²) < 4.78 is 13.6. The third kappa shape index (κ3) is 5.55. The third-order valence-electron chi connectivity index (χ3n) is 5.98. The number of aromatic amines is 1. The third-order valence-corrected chi connectivity index (χ3v) is 5.98. The first-order chi connectivity index (χ1) is 17.7. The summed E-state index contributed by atoms with van der Waals surface area (Å²) in [7, 11) is 3.72. The minimum absolute atomic E-state index is 0.554. The predicted molar refractivity (Wildman–Crippen MR) is 146 cm³/mol. The molecule has 180 valence electrons. The van der Waals surface area contributed by atoms with E-state index >= 15 is 0 Å². The van der Waals surface area contributed by atoms with Crippen LogP contribution in [0.1, 0.15) is 28.2 Å². The highest BCUT2D eigenvalue weighted by Gasteiger charge is 2.05. The summed E-state index contributed by atoms with van der Waals surface area (Å²) in [5.74, 6) is 1.51. The summed E-state index contributed by atoms with van der Waals surface area (Å²) >= 11 is 0. The van der Waals surface area contributed by atoms with Crippen molar-refractivity contribution in [1.82, 2.24) is 19.7 Å². The second-order valence-electron chi connectivity index (χ2n) is 8.48. The fourth-order valence-electron chi connectivity index (χ4n) is 4.01. The molecule has 2 aromatic carbocycles. The minimum atomic E-state index is 0.554. The molecule has 3 aromatic heterocycles. The average Bonchev–Trinajstić information content (AvgIpc) is 3.53. The quantitative estimate of drug-likeness (QED) is 0.272. The van der Waals surface area contributed by atoms with Gasteiger partial charge in [0.15, 0.2) is 0 Å². The molecule has 6 heteroatoms. The summed E-state index contributed by atoms with van der Waals surface area (Å²) in [5, 5.41) is 8.72. The molecule has 0 saturated carbocycles. The van der Waals surface area contributed by atoms with Gasteiger partial charge in [-0.15, -0.1) is 0 Å². The molecule has 6 nitrogen and oxygen atoms in total. The van der Waals surface area contributed by atoms with Gasteiger partial charge in [-0.3, -0.25) is 10.1 Å². The Balaban J connectivity index is 1.22. The molecule has 3 heterocycles. The number of benzene rings is 2. The van der Waals surface area contributed by atoms with E-state index in [1.807, 2.05) is 60.7 Å². The number of nitrogens with zero attached hydrogens (tertiary/aromatic N) is 3. The van der Waals surface area contributed by atoms with E-state index in [1.165, 1.54) is 10.9 Å². The van der Waals surface area contributed by atoms with Crippen molar-refractivity contribution in [2.45, 2.75) is 6.42 Å². The summed E-state index contributed by atoms with van der Waals surface area (Å²) in [4.78, 5) is 4.32. The van der Waals surface area contributed by atoms with Gasteiger partial charge in [0.05, 0.1) is 25.1 Å². The molecule has 0 aliphatic carbocycles. The predicted octanol–water partition coefficient (Wildman–Crippen LogP) is 6.27. The Morgan fingerprint density at radius 1 is 0.944 bits per heavy atom. The number of hydrogen-bond acceptors (Lipinski definition) is 4. The van der Waals surface area contributed by atoms with Crippen molar-refractivity contribution in [3.05, 3.63) is 107 Å². The van der Waals surface area contributed by atoms with Crippen LogP contribution in [0.15, 0.2) is 79.1 Å². The normalized spacial score (nSPS) is 11.6. The van der Waals surface area contributed by atoms with Crippen molar-refractivity contribution in [2.24, 2.45) is 7.05 Å². The van der Waals surface area contributed by atoms with E-state index in [-0.39, 0.29) is 0 Å². The van der Waals surface area contributed by atoms with Crippen molar-refractivity contribution in [3.8, 4) is 11.5 Å². The van der Waals surface area contributed by atoms with Crippen molar-refractivity contribution in [1.29, 1.82) is 0 Å². The number of fused-ring (bicyclic) bond motifs is 1. The number of aromatic nitrogens is 4. The van der Waals surface area contributed by atoms with E-state index in [0.717, 1.165) is 46.1 Å². The molecule has 0 spiro atoms. The molecule has 0 radical (unpaired) electrons. The van der Waals surface area contributed by atoms with Gasteiger partial charge in [-0.1, -0.05) is 24.3 Å². The first-order valence-electron chi connectivity index (χ1n) is 11.9. The Labute approximate surface area is 210 Å². The van der Waals surface area contributed by atoms with Crippen LogP contribution in [-0.4, -0.2) is 33.5 Å². The van der Waals surface area contributed by atoms with E-state index in [4.69, 9.17) is 9.47 Å². The lowest BCUT2D eigenvalue weighted by atomic mass is 10.1. The van der Waals surface area contributed by atoms with Gasteiger partial charge >= 0.3 is 0 Å². The van der Waals surface area contributed by atoms with Gasteiger partial charge in [0.1, 0.15) is 11.5 Å². The Morgan fingerprint density at radius 3 is 2.75 bits per heavy atom. The number of H-pyrrole nitrogens is 1. The molecule has 0 amide bonds. The highest BCUT2D eigenvalue weighted by Crippen LogP contribution is 2.27. The van der Waals surface area contributed by atoms with Gasteiger partial charge in [-0.25, -0.2) is 0 Å². The molecule has 0 aliphatic heterocycles. The summed E-state index contributed by atoms with van der Waals surface area (Å²) in [5.41, 5.74) is 6.08. The highest BCUT2D eigenvalue weighted by atomic mass is 16.5. The molecule has 0 fully saturated rings. The first-order valence-corrected chi connectivity index (χ1v) is 11.9. The van der Waals surface area contributed by atoms with Gasteiger partial charge in [-0.2, -0.15) is 5.10 Å². The van der Waals surface area contributed by atoms with Crippen molar-refractivity contribution >= 4 is 35.2 Å². The van der Waals surface area contributed by atoms with Crippen LogP contribution in [0.3, 0.4) is 0 Å². The molecule has 0 saturated heterocycles. The zero-order valence-corrected chi connectivity index (χ0v) is 20.4. The van der Waals surface area contributed by atoms with Crippen LogP contribution >= 0.6 is 0 Å². The van der Waals surface area contributed by atoms with E-state index in [0.29, 0.717) is 6.61 Å². The van der Waals surface area contributed by atoms with Gasteiger partial charge in [0.2, 0.25) is 0 Å². The van der Waals surface area contributed by atoms with Crippen molar-refractivity contribution < 1.29 is 9.47 Å². The zero-order chi connectivity index (χ0) is 24.7. The number of hydrogen-bond donors (Lipinski definition) is 1. The fourth-order valence-corrected chi connectivity index (χ4v) is 4.01. The highest BCUT2D eigenvalue weighted by molar-refractivity contribution is 5.84. The number of ether oxygens (including phenoxy) is 2. The van der Waals surface area contributed by atoms with E-state index in [9.17, 15) is 0 Å². The topological polar surface area (TPSA) is 65.0 Å². The van der Waals surface area contributed by atoms with E-state index in [1.54, 1.807) is 13.3 Å². The smallest absolute Gasteiger partial charge is 0.129 e.